The first-order chi connectivity index (χ1) is 10.9. The van der Waals surface area contributed by atoms with E-state index >= 15 is 0 Å². The lowest BCUT2D eigenvalue weighted by Crippen LogP contribution is -2.11. The van der Waals surface area contributed by atoms with Gasteiger partial charge in [0.15, 0.2) is 9.84 Å². The standard InChI is InChI=1S/C16H16N2O3S2/c1-10-6-7-13(9-11(10)2)23(19,20)12(3)15-17-18-16(21-15)14-5-4-8-22-14/h4-9,12H,1-3H3. The zero-order valence-corrected chi connectivity index (χ0v) is 14.6. The molecule has 0 amide bonds. The molecule has 5 nitrogen and oxygen atoms in total. The van der Waals surface area contributed by atoms with Crippen molar-refractivity contribution >= 4 is 21.2 Å². The average Bonchev–Trinajstić information content (AvgIpc) is 3.19. The first kappa shape index (κ1) is 15.9. The number of aromatic nitrogens is 2. The maximum Gasteiger partial charge on any atom is 0.257 e. The minimum Gasteiger partial charge on any atom is -0.418 e. The van der Waals surface area contributed by atoms with Crippen molar-refractivity contribution in [2.45, 2.75) is 30.9 Å². The Hall–Kier alpha value is -1.99. The lowest BCUT2D eigenvalue weighted by molar-refractivity contribution is 0.495. The Kier molecular flexibility index (Phi) is 4.08. The van der Waals surface area contributed by atoms with Crippen molar-refractivity contribution in [3.05, 3.63) is 52.7 Å². The molecule has 1 unspecified atom stereocenters. The van der Waals surface area contributed by atoms with Gasteiger partial charge in [-0.25, -0.2) is 8.42 Å². The molecule has 3 rings (SSSR count). The highest BCUT2D eigenvalue weighted by atomic mass is 32.2. The predicted octanol–water partition coefficient (Wildman–Crippen LogP) is 3.95. The zero-order chi connectivity index (χ0) is 16.6. The van der Waals surface area contributed by atoms with Gasteiger partial charge in [-0.2, -0.15) is 0 Å². The van der Waals surface area contributed by atoms with Crippen LogP contribution >= 0.6 is 11.3 Å². The maximum absolute atomic E-state index is 12.8. The number of thiophene rings is 1. The third-order valence-corrected chi connectivity index (χ3v) is 6.69. The minimum atomic E-state index is -3.58. The highest BCUT2D eigenvalue weighted by Gasteiger charge is 2.30. The van der Waals surface area contributed by atoms with Gasteiger partial charge in [0.1, 0.15) is 5.25 Å². The van der Waals surface area contributed by atoms with Gasteiger partial charge in [0.2, 0.25) is 5.89 Å². The molecule has 7 heteroatoms. The number of hydrogen-bond donors (Lipinski definition) is 0. The summed E-state index contributed by atoms with van der Waals surface area (Å²) in [6.45, 7) is 5.40. The van der Waals surface area contributed by atoms with Crippen LogP contribution < -0.4 is 0 Å². The molecule has 0 aliphatic heterocycles. The molecule has 0 aliphatic rings. The van der Waals surface area contributed by atoms with Crippen molar-refractivity contribution in [2.75, 3.05) is 0 Å². The molecule has 0 aliphatic carbocycles. The first-order valence-electron chi connectivity index (χ1n) is 7.08. The number of aryl methyl sites for hydroxylation is 2. The summed E-state index contributed by atoms with van der Waals surface area (Å²) in [6, 6.07) is 8.83. The minimum absolute atomic E-state index is 0.103. The maximum atomic E-state index is 12.8. The molecule has 120 valence electrons. The van der Waals surface area contributed by atoms with Gasteiger partial charge >= 0.3 is 0 Å². The third-order valence-electron chi connectivity index (χ3n) is 3.79. The van der Waals surface area contributed by atoms with Crippen molar-refractivity contribution in [1.29, 1.82) is 0 Å². The molecule has 0 saturated carbocycles. The molecular formula is C16H16N2O3S2. The lowest BCUT2D eigenvalue weighted by atomic mass is 10.1. The Morgan fingerprint density at radius 2 is 1.91 bits per heavy atom. The smallest absolute Gasteiger partial charge is 0.257 e. The molecule has 0 N–H and O–H groups in total. The number of sulfone groups is 1. The van der Waals surface area contributed by atoms with E-state index < -0.39 is 15.1 Å². The van der Waals surface area contributed by atoms with E-state index in [1.54, 1.807) is 25.1 Å². The normalized spacial score (nSPS) is 13.2. The molecule has 0 saturated heterocycles. The molecule has 0 spiro atoms. The SMILES string of the molecule is Cc1ccc(S(=O)(=O)C(C)c2nnc(-c3cccs3)o2)cc1C. The fourth-order valence-corrected chi connectivity index (χ4v) is 4.14. The quantitative estimate of drug-likeness (QED) is 0.714. The third kappa shape index (κ3) is 2.94. The van der Waals surface area contributed by atoms with E-state index in [9.17, 15) is 8.42 Å². The Morgan fingerprint density at radius 3 is 2.57 bits per heavy atom. The highest BCUT2D eigenvalue weighted by Crippen LogP contribution is 2.31. The van der Waals surface area contributed by atoms with E-state index in [1.165, 1.54) is 11.3 Å². The summed E-state index contributed by atoms with van der Waals surface area (Å²) >= 11 is 1.46. The second kappa shape index (κ2) is 5.90. The lowest BCUT2D eigenvalue weighted by Gasteiger charge is -2.10. The number of nitrogens with zero attached hydrogens (tertiary/aromatic N) is 2. The molecule has 1 atom stereocenters. The fourth-order valence-electron chi connectivity index (χ4n) is 2.13. The van der Waals surface area contributed by atoms with E-state index in [4.69, 9.17) is 4.42 Å². The van der Waals surface area contributed by atoms with Crippen LogP contribution in [0.3, 0.4) is 0 Å². The van der Waals surface area contributed by atoms with Crippen LogP contribution in [-0.2, 0) is 9.84 Å². The van der Waals surface area contributed by atoms with E-state index in [-0.39, 0.29) is 10.8 Å². The van der Waals surface area contributed by atoms with Crippen molar-refractivity contribution < 1.29 is 12.8 Å². The van der Waals surface area contributed by atoms with E-state index in [0.717, 1.165) is 16.0 Å². The summed E-state index contributed by atoms with van der Waals surface area (Å²) in [5.74, 6) is 0.448. The Balaban J connectivity index is 1.95. The van der Waals surface area contributed by atoms with Gasteiger partial charge in [0.25, 0.3) is 5.89 Å². The van der Waals surface area contributed by atoms with Crippen LogP contribution in [-0.4, -0.2) is 18.6 Å². The predicted molar refractivity (Wildman–Crippen MR) is 89.1 cm³/mol. The Labute approximate surface area is 138 Å². The van der Waals surface area contributed by atoms with E-state index in [1.807, 2.05) is 31.4 Å². The van der Waals surface area contributed by atoms with Gasteiger partial charge in [-0.05, 0) is 55.5 Å². The average molecular weight is 348 g/mol. The van der Waals surface area contributed by atoms with Crippen molar-refractivity contribution in [1.82, 2.24) is 10.2 Å². The summed E-state index contributed by atoms with van der Waals surface area (Å²) in [6.07, 6.45) is 0. The van der Waals surface area contributed by atoms with Gasteiger partial charge in [-0.1, -0.05) is 12.1 Å². The second-order valence-electron chi connectivity index (χ2n) is 5.36. The molecule has 3 aromatic rings. The molecule has 23 heavy (non-hydrogen) atoms. The summed E-state index contributed by atoms with van der Waals surface area (Å²) in [4.78, 5) is 1.09. The van der Waals surface area contributed by atoms with Crippen molar-refractivity contribution in [2.24, 2.45) is 0 Å². The Bertz CT molecular complexity index is 928. The second-order valence-corrected chi connectivity index (χ2v) is 8.57. The molecule has 0 fully saturated rings. The van der Waals surface area contributed by atoms with Crippen LogP contribution in [0.4, 0.5) is 0 Å². The molecule has 0 radical (unpaired) electrons. The van der Waals surface area contributed by atoms with E-state index in [2.05, 4.69) is 10.2 Å². The molecule has 1 aromatic carbocycles. The fraction of sp³-hybridized carbons (Fsp3) is 0.250. The van der Waals surface area contributed by atoms with E-state index in [0.29, 0.717) is 5.89 Å². The number of rotatable bonds is 4. The Morgan fingerprint density at radius 1 is 1.13 bits per heavy atom. The summed E-state index contributed by atoms with van der Waals surface area (Å²) < 4.78 is 31.1. The largest absolute Gasteiger partial charge is 0.418 e. The zero-order valence-electron chi connectivity index (χ0n) is 13.0. The van der Waals surface area contributed by atoms with Gasteiger partial charge in [-0.15, -0.1) is 21.5 Å². The summed E-state index contributed by atoms with van der Waals surface area (Å²) in [7, 11) is -3.58. The van der Waals surface area contributed by atoms with Crippen molar-refractivity contribution in [3.63, 3.8) is 0 Å². The molecule has 2 heterocycles. The highest BCUT2D eigenvalue weighted by molar-refractivity contribution is 7.91. The molecule has 2 aromatic heterocycles. The van der Waals surface area contributed by atoms with Crippen LogP contribution in [0.25, 0.3) is 10.8 Å². The van der Waals surface area contributed by atoms with Gasteiger partial charge < -0.3 is 4.42 Å². The first-order valence-corrected chi connectivity index (χ1v) is 9.50. The van der Waals surface area contributed by atoms with Gasteiger partial charge in [-0.3, -0.25) is 0 Å². The van der Waals surface area contributed by atoms with Gasteiger partial charge in [0, 0.05) is 0 Å². The van der Waals surface area contributed by atoms with Crippen molar-refractivity contribution in [3.8, 4) is 10.8 Å². The number of benzene rings is 1. The summed E-state index contributed by atoms with van der Waals surface area (Å²) in [5, 5.41) is 8.86. The van der Waals surface area contributed by atoms with Crippen LogP contribution in [0.5, 0.6) is 0 Å². The van der Waals surface area contributed by atoms with Crippen LogP contribution in [0, 0.1) is 13.8 Å². The van der Waals surface area contributed by atoms with Crippen LogP contribution in [0.2, 0.25) is 0 Å². The molecule has 0 bridgehead atoms. The topological polar surface area (TPSA) is 73.1 Å². The van der Waals surface area contributed by atoms with Gasteiger partial charge in [0.05, 0.1) is 9.77 Å². The number of hydrogen-bond acceptors (Lipinski definition) is 6. The summed E-state index contributed by atoms with van der Waals surface area (Å²) in [5.41, 5.74) is 1.98. The van der Waals surface area contributed by atoms with Crippen LogP contribution in [0.15, 0.2) is 45.0 Å². The van der Waals surface area contributed by atoms with Crippen LogP contribution in [0.1, 0.15) is 29.2 Å². The monoisotopic (exact) mass is 348 g/mol. The molecular weight excluding hydrogens is 332 g/mol.